The highest BCUT2D eigenvalue weighted by Crippen LogP contribution is 2.01. The third-order valence-corrected chi connectivity index (χ3v) is 2.25. The average Bonchev–Trinajstić information content (AvgIpc) is 2.02. The van der Waals surface area contributed by atoms with Crippen molar-refractivity contribution in [1.29, 1.82) is 0 Å². The maximum atomic E-state index is 11.8. The van der Waals surface area contributed by atoms with Gasteiger partial charge in [-0.2, -0.15) is 0 Å². The van der Waals surface area contributed by atoms with Crippen molar-refractivity contribution in [2.24, 2.45) is 0 Å². The predicted molar refractivity (Wildman–Crippen MR) is 55.8 cm³/mol. The molecule has 0 aromatic carbocycles. The summed E-state index contributed by atoms with van der Waals surface area (Å²) >= 11 is 0. The zero-order chi connectivity index (χ0) is 10.9. The topological polar surface area (TPSA) is 44.0 Å². The van der Waals surface area contributed by atoms with Gasteiger partial charge in [0.15, 0.2) is 0 Å². The highest BCUT2D eigenvalue weighted by Gasteiger charge is 2.09. The lowest BCUT2D eigenvalue weighted by Crippen LogP contribution is -2.40. The number of hydrogen-bond donors (Lipinski definition) is 0. The van der Waals surface area contributed by atoms with Crippen molar-refractivity contribution in [2.75, 3.05) is 0 Å². The molecule has 1 rings (SSSR count). The maximum Gasteiger partial charge on any atom is 0.331 e. The van der Waals surface area contributed by atoms with Crippen LogP contribution in [0.2, 0.25) is 0 Å². The van der Waals surface area contributed by atoms with E-state index in [1.54, 1.807) is 18.4 Å². The fourth-order valence-corrected chi connectivity index (χ4v) is 1.62. The number of hydrogen-bond acceptors (Lipinski definition) is 2. The zero-order valence-electron chi connectivity index (χ0n) is 9.07. The number of aryl methyl sites for hydroxylation is 1. The Morgan fingerprint density at radius 1 is 1.36 bits per heavy atom. The van der Waals surface area contributed by atoms with Gasteiger partial charge in [-0.15, -0.1) is 0 Å². The van der Waals surface area contributed by atoms with Gasteiger partial charge in [0.2, 0.25) is 0 Å². The Morgan fingerprint density at radius 2 is 1.93 bits per heavy atom. The van der Waals surface area contributed by atoms with Crippen LogP contribution in [0.3, 0.4) is 0 Å². The van der Waals surface area contributed by atoms with Gasteiger partial charge in [0.05, 0.1) is 0 Å². The molecule has 0 aliphatic carbocycles. The van der Waals surface area contributed by atoms with Gasteiger partial charge >= 0.3 is 5.69 Å². The van der Waals surface area contributed by atoms with Crippen LogP contribution in [0.5, 0.6) is 0 Å². The molecule has 1 heterocycles. The van der Waals surface area contributed by atoms with Crippen molar-refractivity contribution < 1.29 is 0 Å². The van der Waals surface area contributed by atoms with Crippen molar-refractivity contribution in [3.8, 4) is 0 Å². The molecule has 0 aliphatic heterocycles. The van der Waals surface area contributed by atoms with Crippen molar-refractivity contribution in [3.05, 3.63) is 32.6 Å². The third kappa shape index (κ3) is 1.64. The standard InChI is InChI=1S/C10H16N2O2/c1-5-11-9(13)6-8(4)12(7(2)3)10(11)14/h6-7H,5H2,1-4H3. The molecule has 0 spiro atoms. The third-order valence-electron chi connectivity index (χ3n) is 2.25. The minimum absolute atomic E-state index is 0.0842. The first-order chi connectivity index (χ1) is 6.49. The molecular weight excluding hydrogens is 180 g/mol. The summed E-state index contributed by atoms with van der Waals surface area (Å²) in [5.74, 6) is 0. The number of rotatable bonds is 2. The molecule has 14 heavy (non-hydrogen) atoms. The van der Waals surface area contributed by atoms with Gasteiger partial charge in [-0.3, -0.25) is 13.9 Å². The van der Waals surface area contributed by atoms with E-state index in [9.17, 15) is 9.59 Å². The normalized spacial score (nSPS) is 10.9. The van der Waals surface area contributed by atoms with Crippen LogP contribution in [-0.4, -0.2) is 9.13 Å². The summed E-state index contributed by atoms with van der Waals surface area (Å²) in [6.07, 6.45) is 0. The van der Waals surface area contributed by atoms with E-state index in [1.807, 2.05) is 13.8 Å². The highest BCUT2D eigenvalue weighted by molar-refractivity contribution is 5.01. The summed E-state index contributed by atoms with van der Waals surface area (Å²) in [7, 11) is 0. The summed E-state index contributed by atoms with van der Waals surface area (Å²) in [6, 6.07) is 1.59. The van der Waals surface area contributed by atoms with Gasteiger partial charge in [0.1, 0.15) is 0 Å². The Balaban J connectivity index is 3.61. The summed E-state index contributed by atoms with van der Waals surface area (Å²) in [5, 5.41) is 0. The van der Waals surface area contributed by atoms with Gasteiger partial charge < -0.3 is 0 Å². The SMILES string of the molecule is CCn1c(=O)cc(C)n(C(C)C)c1=O. The first-order valence-electron chi connectivity index (χ1n) is 4.82. The molecule has 1 aromatic heterocycles. The highest BCUT2D eigenvalue weighted by atomic mass is 16.2. The Hall–Kier alpha value is -1.32. The fraction of sp³-hybridized carbons (Fsp3) is 0.600. The lowest BCUT2D eigenvalue weighted by Gasteiger charge is -2.15. The lowest BCUT2D eigenvalue weighted by molar-refractivity contribution is 0.503. The molecule has 1 aromatic rings. The van der Waals surface area contributed by atoms with Crippen LogP contribution < -0.4 is 11.2 Å². The second-order valence-electron chi connectivity index (χ2n) is 3.61. The second-order valence-corrected chi connectivity index (χ2v) is 3.61. The molecule has 0 atom stereocenters. The van der Waals surface area contributed by atoms with Gasteiger partial charge in [-0.05, 0) is 27.7 Å². The van der Waals surface area contributed by atoms with Crippen LogP contribution in [0.4, 0.5) is 0 Å². The molecule has 0 bridgehead atoms. The van der Waals surface area contributed by atoms with Crippen molar-refractivity contribution >= 4 is 0 Å². The predicted octanol–water partition coefficient (Wildman–Crippen LogP) is 0.919. The molecule has 4 heteroatoms. The number of nitrogens with zero attached hydrogens (tertiary/aromatic N) is 2. The Kier molecular flexibility index (Phi) is 2.93. The van der Waals surface area contributed by atoms with E-state index in [1.165, 1.54) is 10.6 Å². The minimum Gasteiger partial charge on any atom is -0.295 e. The van der Waals surface area contributed by atoms with Crippen LogP contribution in [0, 0.1) is 6.92 Å². The van der Waals surface area contributed by atoms with E-state index in [-0.39, 0.29) is 17.3 Å². The van der Waals surface area contributed by atoms with Crippen molar-refractivity contribution in [1.82, 2.24) is 9.13 Å². The molecular formula is C10H16N2O2. The largest absolute Gasteiger partial charge is 0.331 e. The molecule has 0 amide bonds. The van der Waals surface area contributed by atoms with Crippen LogP contribution in [-0.2, 0) is 6.54 Å². The van der Waals surface area contributed by atoms with Gasteiger partial charge in [0.25, 0.3) is 5.56 Å². The molecule has 0 saturated heterocycles. The van der Waals surface area contributed by atoms with E-state index in [0.29, 0.717) is 6.54 Å². The quantitative estimate of drug-likeness (QED) is 0.706. The molecule has 0 radical (unpaired) electrons. The Labute approximate surface area is 82.8 Å². The molecule has 0 unspecified atom stereocenters. The van der Waals surface area contributed by atoms with E-state index in [2.05, 4.69) is 0 Å². The van der Waals surface area contributed by atoms with Crippen LogP contribution in [0.15, 0.2) is 15.7 Å². The maximum absolute atomic E-state index is 11.8. The van der Waals surface area contributed by atoms with Gasteiger partial charge in [-0.25, -0.2) is 4.79 Å². The summed E-state index contributed by atoms with van der Waals surface area (Å²) in [6.45, 7) is 7.86. The van der Waals surface area contributed by atoms with E-state index >= 15 is 0 Å². The van der Waals surface area contributed by atoms with Gasteiger partial charge in [-0.1, -0.05) is 0 Å². The van der Waals surface area contributed by atoms with Crippen molar-refractivity contribution in [3.63, 3.8) is 0 Å². The Bertz CT molecular complexity index is 440. The molecule has 0 aliphatic rings. The zero-order valence-corrected chi connectivity index (χ0v) is 9.07. The smallest absolute Gasteiger partial charge is 0.295 e. The molecule has 0 saturated carbocycles. The molecule has 4 nitrogen and oxygen atoms in total. The summed E-state index contributed by atoms with van der Waals surface area (Å²) in [5.41, 5.74) is 0.291. The Morgan fingerprint density at radius 3 is 2.36 bits per heavy atom. The first kappa shape index (κ1) is 10.8. The average molecular weight is 196 g/mol. The number of aromatic nitrogens is 2. The van der Waals surface area contributed by atoms with Crippen LogP contribution >= 0.6 is 0 Å². The van der Waals surface area contributed by atoms with Crippen LogP contribution in [0.25, 0.3) is 0 Å². The second kappa shape index (κ2) is 3.82. The molecule has 0 fully saturated rings. The minimum atomic E-state index is -0.216. The van der Waals surface area contributed by atoms with E-state index in [4.69, 9.17) is 0 Å². The molecule has 78 valence electrons. The monoisotopic (exact) mass is 196 g/mol. The lowest BCUT2D eigenvalue weighted by atomic mass is 10.3. The van der Waals surface area contributed by atoms with Crippen LogP contribution in [0.1, 0.15) is 32.5 Å². The summed E-state index contributed by atoms with van der Waals surface area (Å²) in [4.78, 5) is 23.2. The summed E-state index contributed by atoms with van der Waals surface area (Å²) < 4.78 is 2.87. The van der Waals surface area contributed by atoms with Crippen molar-refractivity contribution in [2.45, 2.75) is 40.3 Å². The van der Waals surface area contributed by atoms with E-state index < -0.39 is 0 Å². The van der Waals surface area contributed by atoms with E-state index in [0.717, 1.165) is 5.69 Å². The van der Waals surface area contributed by atoms with Gasteiger partial charge in [0, 0.05) is 24.3 Å². The first-order valence-corrected chi connectivity index (χ1v) is 4.82. The molecule has 0 N–H and O–H groups in total. The fourth-order valence-electron chi connectivity index (χ4n) is 1.62.